The van der Waals surface area contributed by atoms with Crippen LogP contribution in [-0.4, -0.2) is 55.8 Å². The Bertz CT molecular complexity index is 1190. The predicted molar refractivity (Wildman–Crippen MR) is 134 cm³/mol. The third-order valence-electron chi connectivity index (χ3n) is 7.31. The molecule has 0 bridgehead atoms. The van der Waals surface area contributed by atoms with Crippen LogP contribution < -0.4 is 16.0 Å². The number of alkyl halides is 3. The van der Waals surface area contributed by atoms with Gasteiger partial charge in [0.1, 0.15) is 5.82 Å². The van der Waals surface area contributed by atoms with E-state index < -0.39 is 21.8 Å². The zero-order valence-corrected chi connectivity index (χ0v) is 21.5. The number of carbonyl (C=O) groups excluding carboxylic acids is 1. The van der Waals surface area contributed by atoms with Crippen LogP contribution in [0.15, 0.2) is 47.5 Å². The number of hydrogen-bond acceptors (Lipinski definition) is 6. The van der Waals surface area contributed by atoms with Gasteiger partial charge < -0.3 is 16.0 Å². The van der Waals surface area contributed by atoms with E-state index in [0.29, 0.717) is 38.2 Å². The molecular weight excluding hydrogens is 507 g/mol. The molecule has 37 heavy (non-hydrogen) atoms. The quantitative estimate of drug-likeness (QED) is 0.554. The highest BCUT2D eigenvalue weighted by Gasteiger charge is 2.33. The number of sulfonamides is 1. The van der Waals surface area contributed by atoms with E-state index in [0.717, 1.165) is 43.9 Å². The molecule has 2 aliphatic heterocycles. The minimum atomic E-state index is -4.44. The van der Waals surface area contributed by atoms with Crippen LogP contribution in [0.3, 0.4) is 0 Å². The van der Waals surface area contributed by atoms with E-state index in [-0.39, 0.29) is 22.3 Å². The summed E-state index contributed by atoms with van der Waals surface area (Å²) in [5.74, 6) is 0.0409. The number of nitrogens with zero attached hydrogens (tertiary/aromatic N) is 3. The maximum absolute atomic E-state index is 13.2. The molecular formula is C25H32F3N5O3S. The molecule has 1 aromatic heterocycles. The number of aromatic nitrogens is 1. The Morgan fingerprint density at radius 1 is 1.08 bits per heavy atom. The Kier molecular flexibility index (Phi) is 7.70. The van der Waals surface area contributed by atoms with Gasteiger partial charge in [-0.1, -0.05) is 6.92 Å². The van der Waals surface area contributed by atoms with E-state index in [9.17, 15) is 26.4 Å². The lowest BCUT2D eigenvalue weighted by atomic mass is 9.77. The number of hydrogen-bond donors (Lipinski definition) is 2. The normalized spacial score (nSPS) is 19.5. The Balaban J connectivity index is 1.31. The Morgan fingerprint density at radius 2 is 1.70 bits per heavy atom. The SMILES string of the molecule is CC1(CC(N)=O)CCN(c2ccc(S(=O)(=O)N3CCC(Nc4ccc(C(F)(F)F)cn4)CC3)cc2)CC1. The molecule has 1 amide bonds. The molecule has 4 rings (SSSR count). The molecule has 0 atom stereocenters. The van der Waals surface area contributed by atoms with Crippen molar-refractivity contribution >= 4 is 27.4 Å². The lowest BCUT2D eigenvalue weighted by molar-refractivity contribution is -0.137. The fourth-order valence-corrected chi connectivity index (χ4v) is 6.45. The number of halogens is 3. The van der Waals surface area contributed by atoms with Gasteiger partial charge in [-0.15, -0.1) is 0 Å². The topological polar surface area (TPSA) is 109 Å². The number of benzene rings is 1. The second kappa shape index (κ2) is 10.5. The van der Waals surface area contributed by atoms with Gasteiger partial charge in [-0.05, 0) is 67.5 Å². The van der Waals surface area contributed by atoms with E-state index in [2.05, 4.69) is 22.1 Å². The highest BCUT2D eigenvalue weighted by molar-refractivity contribution is 7.89. The summed E-state index contributed by atoms with van der Waals surface area (Å²) in [6.45, 7) is 4.21. The minimum absolute atomic E-state index is 0.0857. The van der Waals surface area contributed by atoms with Crippen molar-refractivity contribution in [3.05, 3.63) is 48.2 Å². The molecule has 2 aromatic rings. The fourth-order valence-electron chi connectivity index (χ4n) is 4.98. The van der Waals surface area contributed by atoms with E-state index in [1.54, 1.807) is 12.1 Å². The molecule has 8 nitrogen and oxygen atoms in total. The third-order valence-corrected chi connectivity index (χ3v) is 9.22. The second-order valence-electron chi connectivity index (χ2n) is 10.2. The Hall–Kier alpha value is -2.86. The summed E-state index contributed by atoms with van der Waals surface area (Å²) in [6, 6.07) is 9.05. The Labute approximate surface area is 215 Å². The van der Waals surface area contributed by atoms with Gasteiger partial charge in [-0.3, -0.25) is 4.79 Å². The van der Waals surface area contributed by atoms with Crippen LogP contribution in [0.4, 0.5) is 24.7 Å². The van der Waals surface area contributed by atoms with Crippen molar-refractivity contribution in [2.45, 2.75) is 56.1 Å². The second-order valence-corrected chi connectivity index (χ2v) is 12.1. The van der Waals surface area contributed by atoms with Crippen LogP contribution in [0.1, 0.15) is 44.6 Å². The molecule has 3 heterocycles. The molecule has 0 saturated carbocycles. The first-order chi connectivity index (χ1) is 17.4. The molecule has 2 fully saturated rings. The Morgan fingerprint density at radius 3 is 2.22 bits per heavy atom. The molecule has 2 aliphatic rings. The number of primary amides is 1. The predicted octanol–water partition coefficient (Wildman–Crippen LogP) is 3.85. The molecule has 0 unspecified atom stereocenters. The van der Waals surface area contributed by atoms with Crippen molar-refractivity contribution in [2.75, 3.05) is 36.4 Å². The number of carbonyl (C=O) groups is 1. The molecule has 0 spiro atoms. The summed E-state index contributed by atoms with van der Waals surface area (Å²) in [7, 11) is -3.66. The van der Waals surface area contributed by atoms with Gasteiger partial charge in [0, 0.05) is 50.5 Å². The van der Waals surface area contributed by atoms with Gasteiger partial charge in [0.25, 0.3) is 0 Å². The number of pyridine rings is 1. The third kappa shape index (κ3) is 6.53. The summed E-state index contributed by atoms with van der Waals surface area (Å²) in [5, 5.41) is 3.10. The number of rotatable bonds is 7. The first kappa shape index (κ1) is 27.2. The van der Waals surface area contributed by atoms with Gasteiger partial charge in [0.2, 0.25) is 15.9 Å². The zero-order chi connectivity index (χ0) is 26.8. The number of nitrogens with two attached hydrogens (primary N) is 1. The van der Waals surface area contributed by atoms with Crippen LogP contribution in [0.2, 0.25) is 0 Å². The van der Waals surface area contributed by atoms with E-state index in [1.807, 2.05) is 12.1 Å². The van der Waals surface area contributed by atoms with E-state index in [4.69, 9.17) is 5.73 Å². The van der Waals surface area contributed by atoms with Crippen LogP contribution in [0.25, 0.3) is 0 Å². The highest BCUT2D eigenvalue weighted by atomic mass is 32.2. The molecule has 12 heteroatoms. The maximum atomic E-state index is 13.2. The van der Waals surface area contributed by atoms with E-state index in [1.165, 1.54) is 10.4 Å². The van der Waals surface area contributed by atoms with Gasteiger partial charge in [-0.25, -0.2) is 13.4 Å². The average Bonchev–Trinajstić information content (AvgIpc) is 2.84. The summed E-state index contributed by atoms with van der Waals surface area (Å²) >= 11 is 0. The van der Waals surface area contributed by atoms with Gasteiger partial charge in [0.05, 0.1) is 10.5 Å². The molecule has 2 saturated heterocycles. The maximum Gasteiger partial charge on any atom is 0.417 e. The largest absolute Gasteiger partial charge is 0.417 e. The van der Waals surface area contributed by atoms with Crippen LogP contribution in [0.5, 0.6) is 0 Å². The lowest BCUT2D eigenvalue weighted by Gasteiger charge is -2.40. The number of anilines is 2. The van der Waals surface area contributed by atoms with Gasteiger partial charge in [-0.2, -0.15) is 17.5 Å². The van der Waals surface area contributed by atoms with Crippen molar-refractivity contribution in [1.82, 2.24) is 9.29 Å². The van der Waals surface area contributed by atoms with Crippen LogP contribution in [0, 0.1) is 5.41 Å². The molecule has 202 valence electrons. The van der Waals surface area contributed by atoms with E-state index >= 15 is 0 Å². The first-order valence-corrected chi connectivity index (χ1v) is 13.7. The van der Waals surface area contributed by atoms with Gasteiger partial charge in [0.15, 0.2) is 0 Å². The van der Waals surface area contributed by atoms with Crippen molar-refractivity contribution in [1.29, 1.82) is 0 Å². The summed E-state index contributed by atoms with van der Waals surface area (Å²) in [6.07, 6.45) is -0.595. The summed E-state index contributed by atoms with van der Waals surface area (Å²) < 4.78 is 66.0. The average molecular weight is 540 g/mol. The number of piperidine rings is 2. The number of nitrogens with one attached hydrogen (secondary N) is 1. The van der Waals surface area contributed by atoms with Crippen molar-refractivity contribution in [3.63, 3.8) is 0 Å². The fraction of sp³-hybridized carbons (Fsp3) is 0.520. The number of amides is 1. The van der Waals surface area contributed by atoms with Crippen molar-refractivity contribution < 1.29 is 26.4 Å². The zero-order valence-electron chi connectivity index (χ0n) is 20.7. The first-order valence-electron chi connectivity index (χ1n) is 12.3. The van der Waals surface area contributed by atoms with Gasteiger partial charge >= 0.3 is 6.18 Å². The van der Waals surface area contributed by atoms with Crippen molar-refractivity contribution in [3.8, 4) is 0 Å². The van der Waals surface area contributed by atoms with Crippen LogP contribution in [-0.2, 0) is 21.0 Å². The standard InChI is InChI=1S/C25H32F3N5O3S/c1-24(16-22(29)34)10-14-32(15-11-24)20-3-5-21(6-4-20)37(35,36)33-12-8-19(9-13-33)31-23-7-2-18(17-30-23)25(26,27)28/h2-7,17,19H,8-16H2,1H3,(H2,29,34)(H,30,31). The molecule has 0 aliphatic carbocycles. The molecule has 3 N–H and O–H groups in total. The lowest BCUT2D eigenvalue weighted by Crippen LogP contribution is -2.42. The summed E-state index contributed by atoms with van der Waals surface area (Å²) in [5.41, 5.74) is 5.40. The monoisotopic (exact) mass is 539 g/mol. The van der Waals surface area contributed by atoms with Crippen LogP contribution >= 0.6 is 0 Å². The summed E-state index contributed by atoms with van der Waals surface area (Å²) in [4.78, 5) is 17.6. The van der Waals surface area contributed by atoms with Crippen molar-refractivity contribution in [2.24, 2.45) is 11.1 Å². The highest BCUT2D eigenvalue weighted by Crippen LogP contribution is 2.36. The molecule has 1 aromatic carbocycles. The minimum Gasteiger partial charge on any atom is -0.371 e. The molecule has 0 radical (unpaired) electrons. The smallest absolute Gasteiger partial charge is 0.371 e.